The fourth-order valence-corrected chi connectivity index (χ4v) is 9.41. The predicted octanol–water partition coefficient (Wildman–Crippen LogP) is 17.8. The molecule has 0 amide bonds. The van der Waals surface area contributed by atoms with Crippen LogP contribution in [0.25, 0.3) is 100 Å². The zero-order valence-corrected chi connectivity index (χ0v) is 38.1. The van der Waals surface area contributed by atoms with Crippen molar-refractivity contribution in [2.24, 2.45) is 0 Å². The Balaban J connectivity index is 1.28. The van der Waals surface area contributed by atoms with Crippen LogP contribution in [0.2, 0.25) is 0 Å². The van der Waals surface area contributed by atoms with Crippen molar-refractivity contribution >= 4 is 43.6 Å². The maximum absolute atomic E-state index is 14.9. The van der Waals surface area contributed by atoms with E-state index >= 15 is 0 Å². The summed E-state index contributed by atoms with van der Waals surface area (Å²) in [6.45, 7) is 0. The molecule has 8 aromatic carbocycles. The summed E-state index contributed by atoms with van der Waals surface area (Å²) in [5, 5.41) is -1.48. The SMILES string of the molecule is FC(F)(F)c1ccc(-c2ccc(-c3nc(-c4ccccc4)nc(-c4ccccc4)n3)cc2-n2c3ccc(C(F)(F)F)cc3c3cc(C(F)(F)F)ccc32)c(-n2c3ccc(C(F)(F)F)cc3c3cc(C(F)(F)F)ccc32)c1. The third-order valence-corrected chi connectivity index (χ3v) is 12.9. The van der Waals surface area contributed by atoms with Crippen molar-refractivity contribution in [3.05, 3.63) is 198 Å². The average molecular weight is 1060 g/mol. The Hall–Kier alpha value is -8.68. The van der Waals surface area contributed by atoms with Crippen LogP contribution in [-0.2, 0) is 30.9 Å². The van der Waals surface area contributed by atoms with Crippen LogP contribution in [-0.4, -0.2) is 24.1 Å². The lowest BCUT2D eigenvalue weighted by Crippen LogP contribution is -2.09. The molecule has 0 atom stereocenters. The lowest BCUT2D eigenvalue weighted by atomic mass is 9.97. The first-order valence-electron chi connectivity index (χ1n) is 22.5. The number of aromatic nitrogens is 5. The molecule has 0 aliphatic carbocycles. The molecular weight excluding hydrogens is 1030 g/mol. The maximum atomic E-state index is 14.9. The van der Waals surface area contributed by atoms with Crippen LogP contribution in [0, 0.1) is 0 Å². The number of halogens is 15. The molecule has 0 aliphatic heterocycles. The highest BCUT2D eigenvalue weighted by Crippen LogP contribution is 2.47. The Labute approximate surface area is 417 Å². The van der Waals surface area contributed by atoms with Gasteiger partial charge in [0.1, 0.15) is 0 Å². The summed E-state index contributed by atoms with van der Waals surface area (Å²) in [7, 11) is 0. The third kappa shape index (κ3) is 8.79. The highest BCUT2D eigenvalue weighted by Gasteiger charge is 2.37. The van der Waals surface area contributed by atoms with Gasteiger partial charge in [-0.05, 0) is 91.0 Å². The van der Waals surface area contributed by atoms with Gasteiger partial charge in [0.15, 0.2) is 17.5 Å². The zero-order chi connectivity index (χ0) is 53.9. The van der Waals surface area contributed by atoms with Crippen molar-refractivity contribution in [2.45, 2.75) is 30.9 Å². The second-order valence-corrected chi connectivity index (χ2v) is 17.6. The topological polar surface area (TPSA) is 48.5 Å². The van der Waals surface area contributed by atoms with E-state index in [1.54, 1.807) is 60.7 Å². The molecule has 76 heavy (non-hydrogen) atoms. The second-order valence-electron chi connectivity index (χ2n) is 17.6. The molecular formula is C56H28F15N5. The van der Waals surface area contributed by atoms with Crippen molar-refractivity contribution in [1.82, 2.24) is 24.1 Å². The van der Waals surface area contributed by atoms with E-state index in [-0.39, 0.29) is 72.7 Å². The Kier molecular flexibility index (Phi) is 11.4. The molecule has 0 aliphatic rings. The predicted molar refractivity (Wildman–Crippen MR) is 255 cm³/mol. The van der Waals surface area contributed by atoms with Gasteiger partial charge in [0.2, 0.25) is 0 Å². The Morgan fingerprint density at radius 2 is 0.539 bits per heavy atom. The van der Waals surface area contributed by atoms with Crippen molar-refractivity contribution in [1.29, 1.82) is 0 Å². The third-order valence-electron chi connectivity index (χ3n) is 12.9. The Bertz CT molecular complexity index is 3890. The monoisotopic (exact) mass is 1060 g/mol. The van der Waals surface area contributed by atoms with Gasteiger partial charge in [-0.3, -0.25) is 0 Å². The number of fused-ring (bicyclic) bond motifs is 6. The van der Waals surface area contributed by atoms with E-state index in [9.17, 15) is 65.9 Å². The molecule has 20 heteroatoms. The number of nitrogens with zero attached hydrogens (tertiary/aromatic N) is 5. The van der Waals surface area contributed by atoms with Crippen LogP contribution in [0.15, 0.2) is 170 Å². The lowest BCUT2D eigenvalue weighted by molar-refractivity contribution is -0.138. The molecule has 3 heterocycles. The van der Waals surface area contributed by atoms with E-state index in [1.807, 2.05) is 0 Å². The number of alkyl halides is 15. The standard InChI is InChI=1S/C56H28F15N5/c57-52(58,59)32-13-19-43-39(24-32)40-25-33(53(60,61)62)14-20-44(40)75(43)47-23-31(51-73-49(29-7-3-1-4-8-29)72-50(74-51)30-9-5-2-6-10-30)11-17-37(47)38-18-12-36(56(69,70)71)28-48(38)76-45-21-15-34(54(63,64)65)26-41(45)42-27-35(55(66,67)68)16-22-46(42)76/h1-28H. The normalized spacial score (nSPS) is 12.9. The van der Waals surface area contributed by atoms with Gasteiger partial charge in [0.05, 0.1) is 61.3 Å². The molecule has 0 saturated heterocycles. The van der Waals surface area contributed by atoms with Gasteiger partial charge in [-0.15, -0.1) is 0 Å². The molecule has 5 nitrogen and oxygen atoms in total. The zero-order valence-electron chi connectivity index (χ0n) is 38.1. The van der Waals surface area contributed by atoms with Gasteiger partial charge < -0.3 is 9.13 Å². The van der Waals surface area contributed by atoms with Gasteiger partial charge in [-0.1, -0.05) is 78.9 Å². The summed E-state index contributed by atoms with van der Waals surface area (Å²) in [4.78, 5) is 14.2. The number of hydrogen-bond acceptors (Lipinski definition) is 3. The van der Waals surface area contributed by atoms with Gasteiger partial charge in [0.25, 0.3) is 0 Å². The van der Waals surface area contributed by atoms with Crippen LogP contribution < -0.4 is 0 Å². The minimum absolute atomic E-state index is 0.0176. The molecule has 11 aromatic rings. The van der Waals surface area contributed by atoms with Crippen LogP contribution in [0.3, 0.4) is 0 Å². The molecule has 0 unspecified atom stereocenters. The summed E-state index contributed by atoms with van der Waals surface area (Å²) >= 11 is 0. The van der Waals surface area contributed by atoms with E-state index in [0.29, 0.717) is 71.8 Å². The second kappa shape index (κ2) is 17.5. The Morgan fingerprint density at radius 3 is 0.868 bits per heavy atom. The molecule has 0 spiro atoms. The number of rotatable bonds is 6. The van der Waals surface area contributed by atoms with Crippen molar-refractivity contribution in [2.75, 3.05) is 0 Å². The lowest BCUT2D eigenvalue weighted by Gasteiger charge is -2.21. The van der Waals surface area contributed by atoms with E-state index in [0.717, 1.165) is 34.9 Å². The molecule has 3 aromatic heterocycles. The van der Waals surface area contributed by atoms with Gasteiger partial charge in [0, 0.05) is 49.4 Å². The van der Waals surface area contributed by atoms with E-state index < -0.39 is 75.2 Å². The highest BCUT2D eigenvalue weighted by molar-refractivity contribution is 6.12. The molecule has 0 bridgehead atoms. The Morgan fingerprint density at radius 1 is 0.263 bits per heavy atom. The van der Waals surface area contributed by atoms with Crippen molar-refractivity contribution < 1.29 is 65.9 Å². The van der Waals surface area contributed by atoms with Crippen LogP contribution in [0.4, 0.5) is 65.9 Å². The minimum Gasteiger partial charge on any atom is -0.309 e. The summed E-state index contributed by atoms with van der Waals surface area (Å²) in [6.07, 6.45) is -25.1. The fraction of sp³-hybridized carbons (Fsp3) is 0.0893. The summed E-state index contributed by atoms with van der Waals surface area (Å²) in [5.74, 6) is 0.325. The van der Waals surface area contributed by atoms with Crippen molar-refractivity contribution in [3.8, 4) is 56.7 Å². The molecule has 0 radical (unpaired) electrons. The largest absolute Gasteiger partial charge is 0.416 e. The minimum atomic E-state index is -5.10. The maximum Gasteiger partial charge on any atom is 0.416 e. The van der Waals surface area contributed by atoms with Crippen LogP contribution >= 0.6 is 0 Å². The van der Waals surface area contributed by atoms with Gasteiger partial charge in [-0.2, -0.15) is 65.9 Å². The molecule has 0 saturated carbocycles. The first-order chi connectivity index (χ1) is 35.8. The molecule has 382 valence electrons. The molecule has 11 rings (SSSR count). The van der Waals surface area contributed by atoms with Gasteiger partial charge >= 0.3 is 30.9 Å². The quantitative estimate of drug-likeness (QED) is 0.156. The van der Waals surface area contributed by atoms with Crippen LogP contribution in [0.5, 0.6) is 0 Å². The smallest absolute Gasteiger partial charge is 0.309 e. The summed E-state index contributed by atoms with van der Waals surface area (Å²) in [6, 6.07) is 32.8. The fourth-order valence-electron chi connectivity index (χ4n) is 9.41. The molecule has 0 N–H and O–H groups in total. The van der Waals surface area contributed by atoms with E-state index in [2.05, 4.69) is 0 Å². The first kappa shape index (κ1) is 49.5. The van der Waals surface area contributed by atoms with E-state index in [1.165, 1.54) is 22.8 Å². The van der Waals surface area contributed by atoms with Crippen molar-refractivity contribution in [3.63, 3.8) is 0 Å². The summed E-state index contributed by atoms with van der Waals surface area (Å²) in [5.41, 5.74) is -6.63. The molecule has 0 fully saturated rings. The average Bonchev–Trinajstić information content (AvgIpc) is 3.95. The number of hydrogen-bond donors (Lipinski definition) is 0. The van der Waals surface area contributed by atoms with E-state index in [4.69, 9.17) is 15.0 Å². The summed E-state index contributed by atoms with van der Waals surface area (Å²) < 4.78 is 219. The van der Waals surface area contributed by atoms with Crippen LogP contribution in [0.1, 0.15) is 27.8 Å². The first-order valence-corrected chi connectivity index (χ1v) is 22.5. The highest BCUT2D eigenvalue weighted by atomic mass is 19.4. The van der Waals surface area contributed by atoms with Gasteiger partial charge in [-0.25, -0.2) is 15.0 Å². The number of benzene rings is 8.